The molecule has 0 unspecified atom stereocenters. The summed E-state index contributed by atoms with van der Waals surface area (Å²) in [4.78, 5) is 11.6. The van der Waals surface area contributed by atoms with Crippen LogP contribution in [0.25, 0.3) is 0 Å². The Bertz CT molecular complexity index is 798. The fourth-order valence-electron chi connectivity index (χ4n) is 1.91. The van der Waals surface area contributed by atoms with E-state index in [4.69, 9.17) is 15.3 Å². The van der Waals surface area contributed by atoms with Crippen LogP contribution in [0.15, 0.2) is 30.0 Å². The lowest BCUT2D eigenvalue weighted by Crippen LogP contribution is -2.35. The van der Waals surface area contributed by atoms with E-state index in [2.05, 4.69) is 16.0 Å². The molecule has 0 heterocycles. The van der Waals surface area contributed by atoms with Crippen molar-refractivity contribution in [2.24, 2.45) is 0 Å². The number of allylic oxidation sites excluding steroid dienone is 1. The summed E-state index contributed by atoms with van der Waals surface area (Å²) in [6.45, 7) is 5.51. The van der Waals surface area contributed by atoms with Crippen LogP contribution >= 0.6 is 0 Å². The maximum atomic E-state index is 12.9. The number of halogens is 3. The Hall–Kier alpha value is -3.40. The van der Waals surface area contributed by atoms with Crippen molar-refractivity contribution in [3.63, 3.8) is 0 Å². The van der Waals surface area contributed by atoms with Crippen molar-refractivity contribution in [2.75, 3.05) is 23.7 Å². The Labute approximate surface area is 160 Å². The van der Waals surface area contributed by atoms with E-state index >= 15 is 0 Å². The van der Waals surface area contributed by atoms with Crippen LogP contribution in [-0.4, -0.2) is 24.8 Å². The number of hydrogen-bond acceptors (Lipinski definition) is 6. The first kappa shape index (κ1) is 22.6. The highest BCUT2D eigenvalue weighted by Crippen LogP contribution is 2.34. The van der Waals surface area contributed by atoms with E-state index in [1.165, 1.54) is 6.07 Å². The summed E-state index contributed by atoms with van der Waals surface area (Å²) < 4.78 is 43.9. The minimum absolute atomic E-state index is 0.0232. The molecule has 0 fully saturated rings. The molecule has 0 bridgehead atoms. The van der Waals surface area contributed by atoms with E-state index in [1.54, 1.807) is 32.9 Å². The number of carbonyl (C=O) groups excluding carboxylic acids is 1. The number of ether oxygens (including phenoxy) is 1. The van der Waals surface area contributed by atoms with Crippen molar-refractivity contribution >= 4 is 17.5 Å². The molecule has 1 rings (SSSR count). The van der Waals surface area contributed by atoms with Crippen molar-refractivity contribution in [3.05, 3.63) is 35.5 Å². The predicted molar refractivity (Wildman–Crippen MR) is 97.1 cm³/mol. The molecule has 28 heavy (non-hydrogen) atoms. The van der Waals surface area contributed by atoms with E-state index in [1.807, 2.05) is 0 Å². The van der Waals surface area contributed by atoms with Crippen LogP contribution in [0.1, 0.15) is 26.3 Å². The molecule has 0 atom stereocenters. The Morgan fingerprint density at radius 2 is 1.79 bits per heavy atom. The van der Waals surface area contributed by atoms with E-state index < -0.39 is 23.4 Å². The Morgan fingerprint density at radius 1 is 1.14 bits per heavy atom. The summed E-state index contributed by atoms with van der Waals surface area (Å²) in [5, 5.41) is 25.4. The summed E-state index contributed by atoms with van der Waals surface area (Å²) in [6.07, 6.45) is -4.15. The monoisotopic (exact) mass is 395 g/mol. The molecule has 1 aromatic rings. The lowest BCUT2D eigenvalue weighted by molar-refractivity contribution is -0.137. The molecule has 1 aromatic carbocycles. The number of alkyl halides is 3. The predicted octanol–water partition coefficient (Wildman–Crippen LogP) is 3.98. The minimum Gasteiger partial charge on any atom is -0.444 e. The second kappa shape index (κ2) is 9.51. The number of benzene rings is 1. The van der Waals surface area contributed by atoms with E-state index in [0.29, 0.717) is 5.69 Å². The standard InChI is InChI=1S/C18H20F3N5O2/c1-17(2,3)28-16(27)25-7-6-24-14-5-4-13(18(19,20)21)8-15(14)26-11-12(9-22)10-23/h4-5,8,11,24,26H,6-7H2,1-3H3,(H,25,27). The van der Waals surface area contributed by atoms with Gasteiger partial charge >= 0.3 is 12.3 Å². The number of carbonyl (C=O) groups is 1. The molecule has 0 radical (unpaired) electrons. The average molecular weight is 395 g/mol. The summed E-state index contributed by atoms with van der Waals surface area (Å²) >= 11 is 0. The van der Waals surface area contributed by atoms with Gasteiger partial charge < -0.3 is 20.7 Å². The average Bonchev–Trinajstić information content (AvgIpc) is 2.57. The number of alkyl carbamates (subject to hydrolysis) is 1. The largest absolute Gasteiger partial charge is 0.444 e. The molecule has 0 aliphatic carbocycles. The molecule has 1 amide bonds. The van der Waals surface area contributed by atoms with Gasteiger partial charge in [0.15, 0.2) is 0 Å². The zero-order chi connectivity index (χ0) is 21.4. The molecular weight excluding hydrogens is 375 g/mol. The Balaban J connectivity index is 2.84. The lowest BCUT2D eigenvalue weighted by Gasteiger charge is -2.20. The molecule has 10 heteroatoms. The molecule has 7 nitrogen and oxygen atoms in total. The van der Waals surface area contributed by atoms with Gasteiger partial charge in [0, 0.05) is 19.3 Å². The molecular formula is C18H20F3N5O2. The van der Waals surface area contributed by atoms with Crippen LogP contribution in [-0.2, 0) is 10.9 Å². The van der Waals surface area contributed by atoms with Gasteiger partial charge in [-0.3, -0.25) is 0 Å². The maximum absolute atomic E-state index is 12.9. The topological polar surface area (TPSA) is 110 Å². The Kier molecular flexibility index (Phi) is 7.69. The van der Waals surface area contributed by atoms with Crippen molar-refractivity contribution in [1.82, 2.24) is 5.32 Å². The summed E-state index contributed by atoms with van der Waals surface area (Å²) in [5.41, 5.74) is -1.51. The van der Waals surface area contributed by atoms with E-state index in [9.17, 15) is 18.0 Å². The zero-order valence-electron chi connectivity index (χ0n) is 15.6. The van der Waals surface area contributed by atoms with Gasteiger partial charge in [0.25, 0.3) is 0 Å². The van der Waals surface area contributed by atoms with Crippen LogP contribution in [0.4, 0.5) is 29.3 Å². The third-order valence-electron chi connectivity index (χ3n) is 3.07. The number of nitrogens with zero attached hydrogens (tertiary/aromatic N) is 2. The van der Waals surface area contributed by atoms with Crippen molar-refractivity contribution in [2.45, 2.75) is 32.5 Å². The first-order chi connectivity index (χ1) is 13.0. The summed E-state index contributed by atoms with van der Waals surface area (Å²) in [7, 11) is 0. The lowest BCUT2D eigenvalue weighted by atomic mass is 10.1. The first-order valence-corrected chi connectivity index (χ1v) is 8.15. The van der Waals surface area contributed by atoms with Crippen LogP contribution in [0.2, 0.25) is 0 Å². The number of anilines is 2. The fraction of sp³-hybridized carbons (Fsp3) is 0.389. The number of rotatable bonds is 6. The van der Waals surface area contributed by atoms with Crippen LogP contribution in [0.3, 0.4) is 0 Å². The second-order valence-electron chi connectivity index (χ2n) is 6.54. The normalized spacial score (nSPS) is 10.9. The zero-order valence-corrected chi connectivity index (χ0v) is 15.6. The van der Waals surface area contributed by atoms with E-state index in [-0.39, 0.29) is 24.4 Å². The first-order valence-electron chi connectivity index (χ1n) is 8.15. The van der Waals surface area contributed by atoms with Gasteiger partial charge in [-0.05, 0) is 39.0 Å². The molecule has 0 spiro atoms. The maximum Gasteiger partial charge on any atom is 0.416 e. The van der Waals surface area contributed by atoms with Gasteiger partial charge in [0.05, 0.1) is 16.9 Å². The van der Waals surface area contributed by atoms with Gasteiger partial charge in [-0.2, -0.15) is 23.7 Å². The third-order valence-corrected chi connectivity index (χ3v) is 3.07. The molecule has 0 aromatic heterocycles. The van der Waals surface area contributed by atoms with E-state index in [0.717, 1.165) is 18.3 Å². The minimum atomic E-state index is -4.55. The quantitative estimate of drug-likeness (QED) is 0.496. The molecule has 0 aliphatic heterocycles. The van der Waals surface area contributed by atoms with Gasteiger partial charge in [0.1, 0.15) is 23.3 Å². The van der Waals surface area contributed by atoms with Gasteiger partial charge in [-0.25, -0.2) is 4.79 Å². The molecule has 3 N–H and O–H groups in total. The highest BCUT2D eigenvalue weighted by Gasteiger charge is 2.31. The Morgan fingerprint density at radius 3 is 2.32 bits per heavy atom. The number of nitrogens with one attached hydrogen (secondary N) is 3. The fourth-order valence-corrected chi connectivity index (χ4v) is 1.91. The van der Waals surface area contributed by atoms with Gasteiger partial charge in [-0.1, -0.05) is 0 Å². The molecule has 0 aliphatic rings. The van der Waals surface area contributed by atoms with Crippen LogP contribution < -0.4 is 16.0 Å². The molecule has 0 saturated carbocycles. The molecule has 150 valence electrons. The van der Waals surface area contributed by atoms with Gasteiger partial charge in [-0.15, -0.1) is 0 Å². The smallest absolute Gasteiger partial charge is 0.416 e. The van der Waals surface area contributed by atoms with Crippen molar-refractivity contribution in [3.8, 4) is 12.1 Å². The summed E-state index contributed by atoms with van der Waals surface area (Å²) in [6, 6.07) is 6.17. The number of amides is 1. The van der Waals surface area contributed by atoms with Crippen molar-refractivity contribution < 1.29 is 22.7 Å². The second-order valence-corrected chi connectivity index (χ2v) is 6.54. The number of nitriles is 2. The molecule has 0 saturated heterocycles. The van der Waals surface area contributed by atoms with Crippen molar-refractivity contribution in [1.29, 1.82) is 10.5 Å². The summed E-state index contributed by atoms with van der Waals surface area (Å²) in [5.74, 6) is 0. The third kappa shape index (κ3) is 7.87. The highest BCUT2D eigenvalue weighted by atomic mass is 19.4. The van der Waals surface area contributed by atoms with Crippen LogP contribution in [0.5, 0.6) is 0 Å². The van der Waals surface area contributed by atoms with Crippen LogP contribution in [0, 0.1) is 22.7 Å². The highest BCUT2D eigenvalue weighted by molar-refractivity contribution is 5.72. The SMILES string of the molecule is CC(C)(C)OC(=O)NCCNc1ccc(C(F)(F)F)cc1NC=C(C#N)C#N. The van der Waals surface area contributed by atoms with Gasteiger partial charge in [0.2, 0.25) is 0 Å². The number of hydrogen-bond donors (Lipinski definition) is 3.